The Morgan fingerprint density at radius 2 is 2.37 bits per heavy atom. The average Bonchev–Trinajstić information content (AvgIpc) is 2.83. The van der Waals surface area contributed by atoms with Gasteiger partial charge in [-0.3, -0.25) is 5.41 Å². The molecule has 1 aromatic rings. The van der Waals surface area contributed by atoms with Crippen LogP contribution in [0.15, 0.2) is 6.07 Å². The number of aliphatic hydroxyl groups excluding tert-OH is 1. The molecular weight excluding hydrogens is 242 g/mol. The maximum absolute atomic E-state index is 8.95. The quantitative estimate of drug-likeness (QED) is 0.539. The largest absolute Gasteiger partial charge is 0.396 e. The van der Waals surface area contributed by atoms with E-state index in [1.807, 2.05) is 6.92 Å². The van der Waals surface area contributed by atoms with E-state index in [2.05, 4.69) is 14.9 Å². The van der Waals surface area contributed by atoms with E-state index in [1.165, 1.54) is 0 Å². The minimum Gasteiger partial charge on any atom is -0.396 e. The van der Waals surface area contributed by atoms with E-state index < -0.39 is 0 Å². The number of amidine groups is 1. The van der Waals surface area contributed by atoms with Crippen LogP contribution in [0.4, 0.5) is 5.95 Å². The predicted molar refractivity (Wildman–Crippen MR) is 74.5 cm³/mol. The summed E-state index contributed by atoms with van der Waals surface area (Å²) in [5.74, 6) is 0.628. The van der Waals surface area contributed by atoms with Crippen LogP contribution in [0.3, 0.4) is 0 Å². The molecule has 1 atom stereocenters. The van der Waals surface area contributed by atoms with Gasteiger partial charge in [0.1, 0.15) is 11.5 Å². The Hall–Kier alpha value is -1.69. The monoisotopic (exact) mass is 263 g/mol. The topological polar surface area (TPSA) is 99.1 Å². The summed E-state index contributed by atoms with van der Waals surface area (Å²) in [4.78, 5) is 11.0. The molecule has 19 heavy (non-hydrogen) atoms. The average molecular weight is 263 g/mol. The summed E-state index contributed by atoms with van der Waals surface area (Å²) in [7, 11) is 0. The summed E-state index contributed by atoms with van der Waals surface area (Å²) >= 11 is 0. The zero-order valence-electron chi connectivity index (χ0n) is 11.3. The molecule has 1 aromatic heterocycles. The third-order valence-electron chi connectivity index (χ3n) is 3.45. The first-order chi connectivity index (χ1) is 9.11. The lowest BCUT2D eigenvalue weighted by molar-refractivity contribution is 0.279. The van der Waals surface area contributed by atoms with Crippen molar-refractivity contribution in [1.29, 1.82) is 5.41 Å². The lowest BCUT2D eigenvalue weighted by Gasteiger charge is -2.25. The fourth-order valence-corrected chi connectivity index (χ4v) is 2.55. The molecule has 2 heterocycles. The molecule has 1 saturated heterocycles. The molecular formula is C13H21N5O. The number of aromatic nitrogens is 2. The molecule has 0 aliphatic carbocycles. The third-order valence-corrected chi connectivity index (χ3v) is 3.45. The van der Waals surface area contributed by atoms with Gasteiger partial charge >= 0.3 is 0 Å². The van der Waals surface area contributed by atoms with Crippen LogP contribution in [0.1, 0.15) is 37.1 Å². The lowest BCUT2D eigenvalue weighted by atomic mass is 10.1. The van der Waals surface area contributed by atoms with Crippen LogP contribution in [0.25, 0.3) is 0 Å². The van der Waals surface area contributed by atoms with Gasteiger partial charge in [0.05, 0.1) is 0 Å². The maximum atomic E-state index is 8.95. The molecule has 2 rings (SSSR count). The van der Waals surface area contributed by atoms with Crippen molar-refractivity contribution in [1.82, 2.24) is 9.97 Å². The van der Waals surface area contributed by atoms with Gasteiger partial charge in [-0.25, -0.2) is 9.97 Å². The van der Waals surface area contributed by atoms with Crippen LogP contribution in [0, 0.1) is 12.3 Å². The summed E-state index contributed by atoms with van der Waals surface area (Å²) in [6.45, 7) is 3.03. The predicted octanol–water partition coefficient (Wildman–Crippen LogP) is 0.810. The van der Waals surface area contributed by atoms with Gasteiger partial charge in [-0.2, -0.15) is 0 Å². The van der Waals surface area contributed by atoms with Gasteiger partial charge < -0.3 is 15.7 Å². The SMILES string of the molecule is Cc1cc(C(=N)N)nc(N2CCCC2CCCO)n1. The number of nitrogens with two attached hydrogens (primary N) is 1. The zero-order valence-corrected chi connectivity index (χ0v) is 11.3. The van der Waals surface area contributed by atoms with Crippen LogP contribution in [0.5, 0.6) is 0 Å². The molecule has 0 radical (unpaired) electrons. The molecule has 1 aliphatic rings. The molecule has 6 nitrogen and oxygen atoms in total. The first-order valence-electron chi connectivity index (χ1n) is 6.69. The van der Waals surface area contributed by atoms with Crippen molar-refractivity contribution in [3.63, 3.8) is 0 Å². The number of nitrogen functional groups attached to an aromatic ring is 1. The first kappa shape index (κ1) is 13.7. The van der Waals surface area contributed by atoms with Crippen molar-refractivity contribution in [2.45, 2.75) is 38.6 Å². The van der Waals surface area contributed by atoms with Gasteiger partial charge in [0.25, 0.3) is 0 Å². The molecule has 1 aliphatic heterocycles. The molecule has 104 valence electrons. The van der Waals surface area contributed by atoms with Gasteiger partial charge in [-0.05, 0) is 38.7 Å². The zero-order chi connectivity index (χ0) is 13.8. The van der Waals surface area contributed by atoms with E-state index in [1.54, 1.807) is 6.07 Å². The van der Waals surface area contributed by atoms with Crippen LogP contribution >= 0.6 is 0 Å². The summed E-state index contributed by atoms with van der Waals surface area (Å²) in [6, 6.07) is 2.11. The van der Waals surface area contributed by atoms with Crippen LogP contribution < -0.4 is 10.6 Å². The standard InChI is InChI=1S/C13H21N5O/c1-9-8-11(12(14)15)17-13(16-9)18-6-2-4-10(18)5-3-7-19/h8,10,19H,2-7H2,1H3,(H3,14,15). The number of nitrogens with one attached hydrogen (secondary N) is 1. The van der Waals surface area contributed by atoms with Crippen LogP contribution in [-0.4, -0.2) is 40.1 Å². The number of rotatable bonds is 5. The number of anilines is 1. The fraction of sp³-hybridized carbons (Fsp3) is 0.615. The second-order valence-electron chi connectivity index (χ2n) is 4.96. The van der Waals surface area contributed by atoms with Gasteiger partial charge in [0, 0.05) is 24.9 Å². The molecule has 0 saturated carbocycles. The van der Waals surface area contributed by atoms with E-state index in [0.717, 1.165) is 37.9 Å². The maximum Gasteiger partial charge on any atom is 0.226 e. The van der Waals surface area contributed by atoms with E-state index in [4.69, 9.17) is 16.2 Å². The smallest absolute Gasteiger partial charge is 0.226 e. The lowest BCUT2D eigenvalue weighted by Crippen LogP contribution is -2.32. The normalized spacial score (nSPS) is 18.8. The molecule has 1 unspecified atom stereocenters. The highest BCUT2D eigenvalue weighted by atomic mass is 16.2. The second kappa shape index (κ2) is 5.97. The van der Waals surface area contributed by atoms with Gasteiger partial charge in [0.2, 0.25) is 5.95 Å². The summed E-state index contributed by atoms with van der Waals surface area (Å²) in [6.07, 6.45) is 3.96. The first-order valence-corrected chi connectivity index (χ1v) is 6.69. The molecule has 0 amide bonds. The Morgan fingerprint density at radius 1 is 1.58 bits per heavy atom. The van der Waals surface area contributed by atoms with E-state index in [9.17, 15) is 0 Å². The van der Waals surface area contributed by atoms with Crippen LogP contribution in [-0.2, 0) is 0 Å². The number of aryl methyl sites for hydroxylation is 1. The molecule has 1 fully saturated rings. The molecule has 4 N–H and O–H groups in total. The molecule has 0 aromatic carbocycles. The third kappa shape index (κ3) is 3.20. The Kier molecular flexibility index (Phi) is 4.31. The number of hydrogen-bond donors (Lipinski definition) is 3. The van der Waals surface area contributed by atoms with Crippen molar-refractivity contribution >= 4 is 11.8 Å². The Balaban J connectivity index is 2.22. The minimum absolute atomic E-state index is 0.0298. The molecule has 6 heteroatoms. The highest BCUT2D eigenvalue weighted by molar-refractivity contribution is 5.93. The number of nitrogens with zero attached hydrogens (tertiary/aromatic N) is 3. The molecule has 0 spiro atoms. The Morgan fingerprint density at radius 3 is 3.05 bits per heavy atom. The highest BCUT2D eigenvalue weighted by Crippen LogP contribution is 2.25. The van der Waals surface area contributed by atoms with Crippen molar-refractivity contribution in [3.8, 4) is 0 Å². The van der Waals surface area contributed by atoms with E-state index >= 15 is 0 Å². The second-order valence-corrected chi connectivity index (χ2v) is 4.96. The van der Waals surface area contributed by atoms with Gasteiger partial charge in [-0.15, -0.1) is 0 Å². The van der Waals surface area contributed by atoms with Crippen molar-refractivity contribution in [3.05, 3.63) is 17.5 Å². The fourth-order valence-electron chi connectivity index (χ4n) is 2.55. The summed E-state index contributed by atoms with van der Waals surface area (Å²) < 4.78 is 0. The van der Waals surface area contributed by atoms with Crippen molar-refractivity contribution in [2.75, 3.05) is 18.1 Å². The number of aliphatic hydroxyl groups is 1. The van der Waals surface area contributed by atoms with Gasteiger partial charge in [0.15, 0.2) is 0 Å². The van der Waals surface area contributed by atoms with E-state index in [-0.39, 0.29) is 12.4 Å². The minimum atomic E-state index is -0.0298. The van der Waals surface area contributed by atoms with Crippen molar-refractivity contribution < 1.29 is 5.11 Å². The molecule has 0 bridgehead atoms. The van der Waals surface area contributed by atoms with E-state index in [0.29, 0.717) is 17.7 Å². The summed E-state index contributed by atoms with van der Waals surface area (Å²) in [5.41, 5.74) is 6.81. The Bertz CT molecular complexity index is 462. The highest BCUT2D eigenvalue weighted by Gasteiger charge is 2.26. The van der Waals surface area contributed by atoms with Gasteiger partial charge in [-0.1, -0.05) is 0 Å². The number of hydrogen-bond acceptors (Lipinski definition) is 5. The Labute approximate surface area is 113 Å². The summed E-state index contributed by atoms with van der Waals surface area (Å²) in [5, 5.41) is 16.4. The van der Waals surface area contributed by atoms with Crippen LogP contribution in [0.2, 0.25) is 0 Å². The van der Waals surface area contributed by atoms with Crippen molar-refractivity contribution in [2.24, 2.45) is 5.73 Å².